The standard InChI is InChI=1S/C16H21FN2O3S/c1-10-3-6-16(14(17)7-10)23(21,22)19-8-13(12-4-5-12)15(9-19)18-11(2)20/h3,6-7,12-13,15H,4-5,8-9H2,1-2H3,(H,18,20)/t13-,15+/m1/s1. The molecule has 0 bridgehead atoms. The number of halogens is 1. The Bertz CT molecular complexity index is 731. The van der Waals surface area contributed by atoms with Crippen LogP contribution in [0.25, 0.3) is 0 Å². The van der Waals surface area contributed by atoms with Gasteiger partial charge in [0.25, 0.3) is 0 Å². The molecule has 2 fully saturated rings. The second-order valence-electron chi connectivity index (χ2n) is 6.56. The second kappa shape index (κ2) is 5.87. The molecular formula is C16H21FN2O3S. The quantitative estimate of drug-likeness (QED) is 0.907. The average molecular weight is 340 g/mol. The molecule has 7 heteroatoms. The molecule has 2 aliphatic rings. The van der Waals surface area contributed by atoms with Gasteiger partial charge in [0.15, 0.2) is 0 Å². The number of nitrogens with one attached hydrogen (secondary N) is 1. The summed E-state index contributed by atoms with van der Waals surface area (Å²) < 4.78 is 40.9. The van der Waals surface area contributed by atoms with Crippen molar-refractivity contribution in [3.63, 3.8) is 0 Å². The molecule has 0 spiro atoms. The number of hydrogen-bond acceptors (Lipinski definition) is 3. The topological polar surface area (TPSA) is 66.5 Å². The third-order valence-corrected chi connectivity index (χ3v) is 6.52. The molecule has 3 rings (SSSR count). The zero-order chi connectivity index (χ0) is 16.8. The van der Waals surface area contributed by atoms with Gasteiger partial charge in [-0.05, 0) is 49.3 Å². The lowest BCUT2D eigenvalue weighted by molar-refractivity contribution is -0.119. The Kier molecular flexibility index (Phi) is 4.18. The van der Waals surface area contributed by atoms with E-state index < -0.39 is 15.8 Å². The van der Waals surface area contributed by atoms with Crippen LogP contribution in [-0.4, -0.2) is 37.8 Å². The Morgan fingerprint density at radius 3 is 2.57 bits per heavy atom. The number of amides is 1. The van der Waals surface area contributed by atoms with E-state index in [1.54, 1.807) is 13.0 Å². The fourth-order valence-electron chi connectivity index (χ4n) is 3.36. The van der Waals surface area contributed by atoms with Crippen LogP contribution in [0.3, 0.4) is 0 Å². The summed E-state index contributed by atoms with van der Waals surface area (Å²) in [6, 6.07) is 3.95. The van der Waals surface area contributed by atoms with Gasteiger partial charge in [-0.2, -0.15) is 4.31 Å². The van der Waals surface area contributed by atoms with Gasteiger partial charge in [0.05, 0.1) is 0 Å². The van der Waals surface area contributed by atoms with Gasteiger partial charge in [0.2, 0.25) is 15.9 Å². The largest absolute Gasteiger partial charge is 0.352 e. The van der Waals surface area contributed by atoms with E-state index in [2.05, 4.69) is 5.32 Å². The molecule has 1 amide bonds. The minimum absolute atomic E-state index is 0.113. The van der Waals surface area contributed by atoms with E-state index >= 15 is 0 Å². The highest BCUT2D eigenvalue weighted by Crippen LogP contribution is 2.42. The molecule has 1 aromatic carbocycles. The first-order valence-corrected chi connectivity index (χ1v) is 9.26. The Morgan fingerprint density at radius 2 is 2.00 bits per heavy atom. The molecule has 1 aliphatic carbocycles. The van der Waals surface area contributed by atoms with Crippen molar-refractivity contribution in [2.24, 2.45) is 11.8 Å². The third-order valence-electron chi connectivity index (χ3n) is 4.65. The first-order chi connectivity index (χ1) is 10.8. The zero-order valence-electron chi connectivity index (χ0n) is 13.3. The SMILES string of the molecule is CC(=O)N[C@H]1CN(S(=O)(=O)c2ccc(C)cc2F)C[C@@H]1C1CC1. The summed E-state index contributed by atoms with van der Waals surface area (Å²) in [6.07, 6.45) is 2.13. The lowest BCUT2D eigenvalue weighted by Crippen LogP contribution is -2.40. The maximum Gasteiger partial charge on any atom is 0.246 e. The molecule has 0 unspecified atom stereocenters. The van der Waals surface area contributed by atoms with Crippen molar-refractivity contribution < 1.29 is 17.6 Å². The predicted molar refractivity (Wildman–Crippen MR) is 83.7 cm³/mol. The van der Waals surface area contributed by atoms with E-state index in [0.717, 1.165) is 12.8 Å². The molecule has 0 radical (unpaired) electrons. The number of carbonyl (C=O) groups is 1. The smallest absolute Gasteiger partial charge is 0.246 e. The molecule has 23 heavy (non-hydrogen) atoms. The Balaban J connectivity index is 1.87. The van der Waals surface area contributed by atoms with Gasteiger partial charge >= 0.3 is 0 Å². The molecule has 1 aromatic rings. The normalized spacial score (nSPS) is 25.5. The van der Waals surface area contributed by atoms with Crippen LogP contribution >= 0.6 is 0 Å². The van der Waals surface area contributed by atoms with E-state index in [1.807, 2.05) is 0 Å². The Labute approximate surface area is 135 Å². The van der Waals surface area contributed by atoms with Crippen molar-refractivity contribution in [3.05, 3.63) is 29.6 Å². The van der Waals surface area contributed by atoms with Gasteiger partial charge in [0.1, 0.15) is 10.7 Å². The van der Waals surface area contributed by atoms with Crippen LogP contribution in [-0.2, 0) is 14.8 Å². The fourth-order valence-corrected chi connectivity index (χ4v) is 4.91. The monoisotopic (exact) mass is 340 g/mol. The van der Waals surface area contributed by atoms with Crippen molar-refractivity contribution >= 4 is 15.9 Å². The van der Waals surface area contributed by atoms with Crippen molar-refractivity contribution in [3.8, 4) is 0 Å². The number of sulfonamides is 1. The summed E-state index contributed by atoms with van der Waals surface area (Å²) in [6.45, 7) is 3.69. The molecule has 1 N–H and O–H groups in total. The number of benzene rings is 1. The number of nitrogens with zero attached hydrogens (tertiary/aromatic N) is 1. The van der Waals surface area contributed by atoms with Gasteiger partial charge < -0.3 is 5.32 Å². The summed E-state index contributed by atoms with van der Waals surface area (Å²) in [4.78, 5) is 11.1. The van der Waals surface area contributed by atoms with Crippen LogP contribution in [0, 0.1) is 24.6 Å². The van der Waals surface area contributed by atoms with Gasteiger partial charge in [-0.1, -0.05) is 6.07 Å². The molecule has 1 aliphatic heterocycles. The molecule has 1 heterocycles. The highest BCUT2D eigenvalue weighted by molar-refractivity contribution is 7.89. The van der Waals surface area contributed by atoms with E-state index in [0.29, 0.717) is 18.0 Å². The van der Waals surface area contributed by atoms with Crippen molar-refractivity contribution in [2.75, 3.05) is 13.1 Å². The van der Waals surface area contributed by atoms with Crippen LogP contribution in [0.1, 0.15) is 25.3 Å². The Hall–Kier alpha value is -1.47. The van der Waals surface area contributed by atoms with Crippen LogP contribution < -0.4 is 5.32 Å². The first kappa shape index (κ1) is 16.4. The van der Waals surface area contributed by atoms with Crippen LogP contribution in [0.2, 0.25) is 0 Å². The van der Waals surface area contributed by atoms with Crippen molar-refractivity contribution in [2.45, 2.75) is 37.6 Å². The van der Waals surface area contributed by atoms with Crippen molar-refractivity contribution in [1.82, 2.24) is 9.62 Å². The van der Waals surface area contributed by atoms with Crippen molar-refractivity contribution in [1.29, 1.82) is 0 Å². The molecular weight excluding hydrogens is 319 g/mol. The zero-order valence-corrected chi connectivity index (χ0v) is 14.1. The van der Waals surface area contributed by atoms with E-state index in [1.165, 1.54) is 23.4 Å². The van der Waals surface area contributed by atoms with Gasteiger partial charge in [-0.15, -0.1) is 0 Å². The predicted octanol–water partition coefficient (Wildman–Crippen LogP) is 1.67. The molecule has 2 atom stereocenters. The van der Waals surface area contributed by atoms with Gasteiger partial charge in [-0.3, -0.25) is 4.79 Å². The third kappa shape index (κ3) is 3.26. The molecule has 5 nitrogen and oxygen atoms in total. The van der Waals surface area contributed by atoms with Crippen LogP contribution in [0.5, 0.6) is 0 Å². The molecule has 0 aromatic heterocycles. The summed E-state index contributed by atoms with van der Waals surface area (Å²) >= 11 is 0. The molecule has 126 valence electrons. The van der Waals surface area contributed by atoms with E-state index in [9.17, 15) is 17.6 Å². The van der Waals surface area contributed by atoms with Gasteiger partial charge in [-0.25, -0.2) is 12.8 Å². The minimum Gasteiger partial charge on any atom is -0.352 e. The first-order valence-electron chi connectivity index (χ1n) is 7.82. The maximum absolute atomic E-state index is 14.1. The number of hydrogen-bond donors (Lipinski definition) is 1. The number of rotatable bonds is 4. The average Bonchev–Trinajstić information content (AvgIpc) is 3.19. The van der Waals surface area contributed by atoms with Gasteiger partial charge in [0, 0.05) is 26.1 Å². The van der Waals surface area contributed by atoms with E-state index in [4.69, 9.17) is 0 Å². The summed E-state index contributed by atoms with van der Waals surface area (Å²) in [5, 5.41) is 2.85. The summed E-state index contributed by atoms with van der Waals surface area (Å²) in [5.74, 6) is -0.325. The summed E-state index contributed by atoms with van der Waals surface area (Å²) in [7, 11) is -3.89. The minimum atomic E-state index is -3.89. The second-order valence-corrected chi connectivity index (χ2v) is 8.47. The highest BCUT2D eigenvalue weighted by atomic mass is 32.2. The fraction of sp³-hybridized carbons (Fsp3) is 0.562. The van der Waals surface area contributed by atoms with Crippen LogP contribution in [0.4, 0.5) is 4.39 Å². The summed E-state index contributed by atoms with van der Waals surface area (Å²) in [5.41, 5.74) is 0.676. The van der Waals surface area contributed by atoms with E-state index in [-0.39, 0.29) is 29.3 Å². The number of carbonyl (C=O) groups excluding carboxylic acids is 1. The Morgan fingerprint density at radius 1 is 1.30 bits per heavy atom. The number of aryl methyl sites for hydroxylation is 1. The molecule has 1 saturated heterocycles. The maximum atomic E-state index is 14.1. The molecule has 1 saturated carbocycles. The lowest BCUT2D eigenvalue weighted by atomic mass is 9.98. The lowest BCUT2D eigenvalue weighted by Gasteiger charge is -2.18. The van der Waals surface area contributed by atoms with Crippen LogP contribution in [0.15, 0.2) is 23.1 Å². The highest BCUT2D eigenvalue weighted by Gasteiger charge is 2.46.